The molecule has 1 N–H and O–H groups in total. The average molecular weight is 284 g/mol. The van der Waals surface area contributed by atoms with Crippen LogP contribution in [0.2, 0.25) is 0 Å². The third kappa shape index (κ3) is 3.37. The number of carboxylic acid groups (broad SMARTS) is 1. The van der Waals surface area contributed by atoms with Gasteiger partial charge in [0.2, 0.25) is 0 Å². The Morgan fingerprint density at radius 2 is 1.95 bits per heavy atom. The molecule has 0 bridgehead atoms. The van der Waals surface area contributed by atoms with Crippen LogP contribution >= 0.6 is 0 Å². The number of carboxylic acids is 1. The molecule has 0 spiro atoms. The standard InChI is InChI=1S/C16H13FN2O2/c1-19(10-11-2-5-14(17)6-3-11)15-7-4-12(16(20)21)8-13(15)9-18/h2-8H,10H2,1H3,(H,20,21). The summed E-state index contributed by atoms with van der Waals surface area (Å²) in [7, 11) is 1.79. The van der Waals surface area contributed by atoms with Crippen molar-refractivity contribution in [3.8, 4) is 6.07 Å². The minimum Gasteiger partial charge on any atom is -0.478 e. The maximum absolute atomic E-state index is 12.9. The normalized spacial score (nSPS) is 9.95. The molecule has 2 aromatic rings. The van der Waals surface area contributed by atoms with E-state index in [4.69, 9.17) is 10.4 Å². The van der Waals surface area contributed by atoms with Gasteiger partial charge in [0.05, 0.1) is 16.8 Å². The van der Waals surface area contributed by atoms with Crippen LogP contribution in [-0.4, -0.2) is 18.1 Å². The summed E-state index contributed by atoms with van der Waals surface area (Å²) in [5, 5.41) is 18.1. The Labute approximate surface area is 121 Å². The van der Waals surface area contributed by atoms with Gasteiger partial charge in [-0.1, -0.05) is 12.1 Å². The topological polar surface area (TPSA) is 64.3 Å². The van der Waals surface area contributed by atoms with Crippen molar-refractivity contribution >= 4 is 11.7 Å². The molecule has 0 unspecified atom stereocenters. The molecule has 0 saturated carbocycles. The number of halogens is 1. The number of nitrogens with zero attached hydrogens (tertiary/aromatic N) is 2. The van der Waals surface area contributed by atoms with E-state index < -0.39 is 5.97 Å². The Morgan fingerprint density at radius 1 is 1.29 bits per heavy atom. The van der Waals surface area contributed by atoms with E-state index in [1.54, 1.807) is 25.2 Å². The van der Waals surface area contributed by atoms with E-state index in [-0.39, 0.29) is 11.4 Å². The summed E-state index contributed by atoms with van der Waals surface area (Å²) >= 11 is 0. The molecule has 0 aliphatic heterocycles. The Kier molecular flexibility index (Phi) is 4.19. The fourth-order valence-corrected chi connectivity index (χ4v) is 2.04. The maximum atomic E-state index is 12.9. The second-order valence-corrected chi connectivity index (χ2v) is 4.63. The van der Waals surface area contributed by atoms with Gasteiger partial charge in [0.15, 0.2) is 0 Å². The maximum Gasteiger partial charge on any atom is 0.335 e. The van der Waals surface area contributed by atoms with Crippen LogP contribution in [0.15, 0.2) is 42.5 Å². The van der Waals surface area contributed by atoms with Gasteiger partial charge in [-0.2, -0.15) is 5.26 Å². The molecular weight excluding hydrogens is 271 g/mol. The molecule has 106 valence electrons. The van der Waals surface area contributed by atoms with Crippen molar-refractivity contribution in [2.24, 2.45) is 0 Å². The van der Waals surface area contributed by atoms with Gasteiger partial charge in [0.1, 0.15) is 11.9 Å². The Bertz CT molecular complexity index is 705. The first-order chi connectivity index (χ1) is 10.0. The van der Waals surface area contributed by atoms with Crippen LogP contribution in [0, 0.1) is 17.1 Å². The van der Waals surface area contributed by atoms with Crippen molar-refractivity contribution in [3.05, 3.63) is 65.0 Å². The van der Waals surface area contributed by atoms with Gasteiger partial charge in [-0.05, 0) is 35.9 Å². The second kappa shape index (κ2) is 6.06. The smallest absolute Gasteiger partial charge is 0.335 e. The molecular formula is C16H13FN2O2. The molecule has 0 fully saturated rings. The molecule has 0 amide bonds. The predicted octanol–water partition coefficient (Wildman–Crippen LogP) is 3.03. The van der Waals surface area contributed by atoms with E-state index in [0.29, 0.717) is 17.8 Å². The van der Waals surface area contributed by atoms with E-state index >= 15 is 0 Å². The zero-order valence-corrected chi connectivity index (χ0v) is 11.4. The van der Waals surface area contributed by atoms with Gasteiger partial charge in [0, 0.05) is 13.6 Å². The first-order valence-corrected chi connectivity index (χ1v) is 6.24. The quantitative estimate of drug-likeness (QED) is 0.937. The van der Waals surface area contributed by atoms with E-state index in [1.165, 1.54) is 24.3 Å². The van der Waals surface area contributed by atoms with Crippen LogP contribution in [0.1, 0.15) is 21.5 Å². The van der Waals surface area contributed by atoms with E-state index in [0.717, 1.165) is 5.56 Å². The van der Waals surface area contributed by atoms with Gasteiger partial charge in [-0.15, -0.1) is 0 Å². The van der Waals surface area contributed by atoms with Crippen molar-refractivity contribution in [3.63, 3.8) is 0 Å². The van der Waals surface area contributed by atoms with E-state index in [9.17, 15) is 9.18 Å². The average Bonchev–Trinajstić information content (AvgIpc) is 2.48. The molecule has 4 nitrogen and oxygen atoms in total. The van der Waals surface area contributed by atoms with Crippen molar-refractivity contribution in [1.29, 1.82) is 5.26 Å². The summed E-state index contributed by atoms with van der Waals surface area (Å²) in [6, 6.07) is 12.5. The first-order valence-electron chi connectivity index (χ1n) is 6.24. The first kappa shape index (κ1) is 14.5. The lowest BCUT2D eigenvalue weighted by Crippen LogP contribution is -2.18. The van der Waals surface area contributed by atoms with Gasteiger partial charge >= 0.3 is 5.97 Å². The van der Waals surface area contributed by atoms with Crippen LogP contribution in [-0.2, 0) is 6.54 Å². The highest BCUT2D eigenvalue weighted by molar-refractivity contribution is 5.89. The van der Waals surface area contributed by atoms with Crippen LogP contribution in [0.5, 0.6) is 0 Å². The minimum atomic E-state index is -1.07. The Morgan fingerprint density at radius 3 is 2.52 bits per heavy atom. The van der Waals surface area contributed by atoms with Crippen molar-refractivity contribution in [2.45, 2.75) is 6.54 Å². The molecule has 2 rings (SSSR count). The highest BCUT2D eigenvalue weighted by atomic mass is 19.1. The lowest BCUT2D eigenvalue weighted by Gasteiger charge is -2.21. The highest BCUT2D eigenvalue weighted by Gasteiger charge is 2.11. The lowest BCUT2D eigenvalue weighted by molar-refractivity contribution is 0.0697. The molecule has 0 aromatic heterocycles. The zero-order chi connectivity index (χ0) is 15.4. The number of aromatic carboxylic acids is 1. The number of rotatable bonds is 4. The third-order valence-electron chi connectivity index (χ3n) is 3.11. The summed E-state index contributed by atoms with van der Waals surface area (Å²) < 4.78 is 12.9. The number of anilines is 1. The van der Waals surface area contributed by atoms with E-state index in [2.05, 4.69) is 0 Å². The summed E-state index contributed by atoms with van der Waals surface area (Å²) in [6.07, 6.45) is 0. The van der Waals surface area contributed by atoms with Gasteiger partial charge in [-0.25, -0.2) is 9.18 Å². The predicted molar refractivity (Wildman–Crippen MR) is 76.6 cm³/mol. The molecule has 0 aliphatic rings. The van der Waals surface area contributed by atoms with Crippen LogP contribution in [0.25, 0.3) is 0 Å². The molecule has 5 heteroatoms. The third-order valence-corrected chi connectivity index (χ3v) is 3.11. The fraction of sp³-hybridized carbons (Fsp3) is 0.125. The van der Waals surface area contributed by atoms with Gasteiger partial charge in [-0.3, -0.25) is 0 Å². The molecule has 21 heavy (non-hydrogen) atoms. The van der Waals surface area contributed by atoms with Gasteiger partial charge < -0.3 is 10.0 Å². The number of hydrogen-bond acceptors (Lipinski definition) is 3. The highest BCUT2D eigenvalue weighted by Crippen LogP contribution is 2.22. The van der Waals surface area contributed by atoms with Crippen LogP contribution in [0.3, 0.4) is 0 Å². The number of carbonyl (C=O) groups is 1. The molecule has 0 aliphatic carbocycles. The Hall–Kier alpha value is -2.87. The molecule has 2 aromatic carbocycles. The minimum absolute atomic E-state index is 0.0745. The number of hydrogen-bond donors (Lipinski definition) is 1. The second-order valence-electron chi connectivity index (χ2n) is 4.63. The fourth-order valence-electron chi connectivity index (χ4n) is 2.04. The summed E-state index contributed by atoms with van der Waals surface area (Å²) in [5.74, 6) is -1.37. The van der Waals surface area contributed by atoms with Crippen LogP contribution < -0.4 is 4.90 Å². The van der Waals surface area contributed by atoms with Crippen LogP contribution in [0.4, 0.5) is 10.1 Å². The summed E-state index contributed by atoms with van der Waals surface area (Å²) in [5.41, 5.74) is 1.89. The molecule has 0 radical (unpaired) electrons. The number of nitriles is 1. The zero-order valence-electron chi connectivity index (χ0n) is 11.4. The summed E-state index contributed by atoms with van der Waals surface area (Å²) in [6.45, 7) is 0.487. The van der Waals surface area contributed by atoms with Crippen molar-refractivity contribution in [2.75, 3.05) is 11.9 Å². The molecule has 0 saturated heterocycles. The molecule has 0 atom stereocenters. The number of benzene rings is 2. The monoisotopic (exact) mass is 284 g/mol. The van der Waals surface area contributed by atoms with Crippen molar-refractivity contribution < 1.29 is 14.3 Å². The SMILES string of the molecule is CN(Cc1ccc(F)cc1)c1ccc(C(=O)O)cc1C#N. The summed E-state index contributed by atoms with van der Waals surface area (Å²) in [4.78, 5) is 12.7. The molecule has 0 heterocycles. The van der Waals surface area contributed by atoms with Gasteiger partial charge in [0.25, 0.3) is 0 Å². The van der Waals surface area contributed by atoms with Crippen molar-refractivity contribution in [1.82, 2.24) is 0 Å². The van der Waals surface area contributed by atoms with E-state index in [1.807, 2.05) is 11.0 Å². The Balaban J connectivity index is 2.26. The largest absolute Gasteiger partial charge is 0.478 e. The lowest BCUT2D eigenvalue weighted by atomic mass is 10.1.